The van der Waals surface area contributed by atoms with E-state index in [0.29, 0.717) is 16.7 Å². The van der Waals surface area contributed by atoms with Crippen molar-refractivity contribution in [3.05, 3.63) is 109 Å². The summed E-state index contributed by atoms with van der Waals surface area (Å²) in [6.07, 6.45) is 21.6. The molecule has 2 nitrogen and oxygen atoms in total. The van der Waals surface area contributed by atoms with E-state index in [1.807, 2.05) is 63.3 Å². The highest BCUT2D eigenvalue weighted by Crippen LogP contribution is 2.45. The third-order valence-corrected chi connectivity index (χ3v) is 3.64. The Kier molecular flexibility index (Phi) is 10.3. The first-order valence-electron chi connectivity index (χ1n) is 8.18. The van der Waals surface area contributed by atoms with Crippen LogP contribution in [-0.2, 0) is 4.79 Å². The van der Waals surface area contributed by atoms with E-state index in [9.17, 15) is 4.79 Å². The lowest BCUT2D eigenvalue weighted by atomic mass is 9.66. The first-order valence-corrected chi connectivity index (χ1v) is 8.18. The molecule has 0 saturated heterocycles. The molecule has 0 fully saturated rings. The monoisotopic (exact) mass is 335 g/mol. The lowest BCUT2D eigenvalue weighted by Gasteiger charge is -2.35. The fourth-order valence-corrected chi connectivity index (χ4v) is 2.70. The minimum Gasteiger partial charge on any atom is -0.368 e. The third-order valence-electron chi connectivity index (χ3n) is 3.64. The van der Waals surface area contributed by atoms with Crippen molar-refractivity contribution in [2.24, 2.45) is 11.1 Å². The molecule has 0 rings (SSSR count). The second kappa shape index (κ2) is 11.6. The number of carbonyl (C=O) groups excluding carboxylic acids is 1. The number of amides is 1. The lowest BCUT2D eigenvalue weighted by molar-refractivity contribution is -0.122. The largest absolute Gasteiger partial charge is 0.368 e. The molecule has 0 heterocycles. The molecule has 0 aromatic carbocycles. The van der Waals surface area contributed by atoms with E-state index >= 15 is 0 Å². The summed E-state index contributed by atoms with van der Waals surface area (Å²) in [5.74, 6) is -0.499. The highest BCUT2D eigenvalue weighted by Gasteiger charge is 2.44. The molecule has 0 saturated carbocycles. The van der Waals surface area contributed by atoms with E-state index in [1.165, 1.54) is 0 Å². The number of carbonyl (C=O) groups is 1. The molecule has 0 aliphatic carbocycles. The average Bonchev–Trinajstić information content (AvgIpc) is 2.58. The Balaban J connectivity index is 7.34. The Bertz CT molecular complexity index is 645. The molecule has 0 aliphatic heterocycles. The minimum atomic E-state index is -1.21. The smallest absolute Gasteiger partial charge is 0.237 e. The van der Waals surface area contributed by atoms with Gasteiger partial charge in [-0.05, 0) is 37.5 Å². The molecule has 0 spiro atoms. The van der Waals surface area contributed by atoms with Crippen molar-refractivity contribution in [2.75, 3.05) is 0 Å². The van der Waals surface area contributed by atoms with Gasteiger partial charge in [0.1, 0.15) is 5.41 Å². The van der Waals surface area contributed by atoms with Crippen molar-refractivity contribution >= 4 is 5.91 Å². The summed E-state index contributed by atoms with van der Waals surface area (Å²) < 4.78 is 0. The highest BCUT2D eigenvalue weighted by molar-refractivity contribution is 5.94. The number of allylic oxidation sites excluding steroid dienone is 12. The van der Waals surface area contributed by atoms with Gasteiger partial charge in [-0.15, -0.1) is 0 Å². The Morgan fingerprint density at radius 2 is 1.28 bits per heavy atom. The molecule has 25 heavy (non-hydrogen) atoms. The topological polar surface area (TPSA) is 43.1 Å². The molecule has 2 heteroatoms. The zero-order valence-corrected chi connectivity index (χ0v) is 15.5. The summed E-state index contributed by atoms with van der Waals surface area (Å²) in [6, 6.07) is 0. The van der Waals surface area contributed by atoms with Crippen molar-refractivity contribution in [3.8, 4) is 0 Å². The minimum absolute atomic E-state index is 0.499. The van der Waals surface area contributed by atoms with Crippen LogP contribution in [0.25, 0.3) is 0 Å². The summed E-state index contributed by atoms with van der Waals surface area (Å²) in [5.41, 5.74) is 6.86. The van der Waals surface area contributed by atoms with Crippen LogP contribution in [0.15, 0.2) is 109 Å². The van der Waals surface area contributed by atoms with Crippen LogP contribution >= 0.6 is 0 Å². The standard InChI is InChI=1S/C23H29NO/c1-7-13-18-19(12-6)23(22(24)25,20(14-8-2)15-9-3)21(16-10-4)17-11-5/h7-18H,2,4,6H2,1,3,5H3,(H2,24,25)/b13-7-,15-9-,17-11-,19-18+,20-14+,21-16+. The summed E-state index contributed by atoms with van der Waals surface area (Å²) in [6.45, 7) is 17.1. The molecule has 0 bridgehead atoms. The van der Waals surface area contributed by atoms with Crippen LogP contribution in [0.4, 0.5) is 0 Å². The van der Waals surface area contributed by atoms with E-state index in [-0.39, 0.29) is 0 Å². The number of nitrogens with two attached hydrogens (primary N) is 1. The quantitative estimate of drug-likeness (QED) is 0.525. The number of rotatable bonds is 10. The Morgan fingerprint density at radius 1 is 0.800 bits per heavy atom. The van der Waals surface area contributed by atoms with E-state index in [1.54, 1.807) is 30.4 Å². The van der Waals surface area contributed by atoms with Crippen LogP contribution in [0.2, 0.25) is 0 Å². The van der Waals surface area contributed by atoms with E-state index in [0.717, 1.165) is 0 Å². The van der Waals surface area contributed by atoms with Gasteiger partial charge in [0.25, 0.3) is 0 Å². The second-order valence-electron chi connectivity index (χ2n) is 5.18. The Morgan fingerprint density at radius 3 is 1.56 bits per heavy atom. The molecule has 0 unspecified atom stereocenters. The predicted molar refractivity (Wildman–Crippen MR) is 111 cm³/mol. The van der Waals surface area contributed by atoms with Gasteiger partial charge in [0.2, 0.25) is 5.91 Å². The first-order chi connectivity index (χ1) is 12.0. The molecule has 0 radical (unpaired) electrons. The predicted octanol–water partition coefficient (Wildman–Crippen LogP) is 5.52. The summed E-state index contributed by atoms with van der Waals surface area (Å²) in [7, 11) is 0. The second-order valence-corrected chi connectivity index (χ2v) is 5.18. The van der Waals surface area contributed by atoms with Crippen molar-refractivity contribution in [1.82, 2.24) is 0 Å². The van der Waals surface area contributed by atoms with Crippen molar-refractivity contribution < 1.29 is 4.79 Å². The molecule has 0 aromatic rings. The summed E-state index contributed by atoms with van der Waals surface area (Å²) in [5, 5.41) is 0. The zero-order valence-electron chi connectivity index (χ0n) is 15.5. The van der Waals surface area contributed by atoms with Crippen LogP contribution in [0.3, 0.4) is 0 Å². The third kappa shape index (κ3) is 5.05. The van der Waals surface area contributed by atoms with Crippen molar-refractivity contribution in [1.29, 1.82) is 0 Å². The van der Waals surface area contributed by atoms with E-state index < -0.39 is 11.3 Å². The summed E-state index contributed by atoms with van der Waals surface area (Å²) in [4.78, 5) is 12.9. The first kappa shape index (κ1) is 22.1. The maximum atomic E-state index is 12.9. The zero-order chi connectivity index (χ0) is 19.3. The van der Waals surface area contributed by atoms with Crippen LogP contribution in [-0.4, -0.2) is 5.91 Å². The molecule has 1 amide bonds. The normalized spacial score (nSPS) is 16.4. The SMILES string of the molecule is C=C/C=C(\C=C/C)C(C(N)=O)(/C(C=C)=C/C=C\C)C(/C=C\C)=C/C=C. The molecule has 0 aromatic heterocycles. The summed E-state index contributed by atoms with van der Waals surface area (Å²) >= 11 is 0. The molecule has 0 atom stereocenters. The van der Waals surface area contributed by atoms with Crippen LogP contribution < -0.4 is 5.73 Å². The molecule has 132 valence electrons. The average molecular weight is 335 g/mol. The molecule has 2 N–H and O–H groups in total. The van der Waals surface area contributed by atoms with Crippen molar-refractivity contribution in [3.63, 3.8) is 0 Å². The van der Waals surface area contributed by atoms with Gasteiger partial charge in [-0.25, -0.2) is 0 Å². The number of hydrogen-bond donors (Lipinski definition) is 1. The van der Waals surface area contributed by atoms with Gasteiger partial charge in [-0.2, -0.15) is 0 Å². The van der Waals surface area contributed by atoms with Gasteiger partial charge in [-0.3, -0.25) is 4.79 Å². The Labute approximate surface area is 152 Å². The van der Waals surface area contributed by atoms with E-state index in [2.05, 4.69) is 19.7 Å². The number of primary amides is 1. The maximum Gasteiger partial charge on any atom is 0.237 e. The fraction of sp³-hybridized carbons (Fsp3) is 0.174. The highest BCUT2D eigenvalue weighted by atomic mass is 16.1. The maximum absolute atomic E-state index is 12.9. The van der Waals surface area contributed by atoms with Gasteiger partial charge < -0.3 is 5.73 Å². The molecular weight excluding hydrogens is 306 g/mol. The van der Waals surface area contributed by atoms with Gasteiger partial charge in [0.15, 0.2) is 0 Å². The fourth-order valence-electron chi connectivity index (χ4n) is 2.70. The van der Waals surface area contributed by atoms with E-state index in [4.69, 9.17) is 5.73 Å². The molecular formula is C23H29NO. The van der Waals surface area contributed by atoms with Crippen LogP contribution in [0, 0.1) is 5.41 Å². The van der Waals surface area contributed by atoms with Crippen molar-refractivity contribution in [2.45, 2.75) is 20.8 Å². The van der Waals surface area contributed by atoms with Gasteiger partial charge in [0, 0.05) is 0 Å². The molecule has 0 aliphatic rings. The lowest BCUT2D eigenvalue weighted by Crippen LogP contribution is -2.41. The van der Waals surface area contributed by atoms with Gasteiger partial charge >= 0.3 is 0 Å². The Hall–Kier alpha value is -2.87. The number of hydrogen-bond acceptors (Lipinski definition) is 1. The van der Waals surface area contributed by atoms with Gasteiger partial charge in [0.05, 0.1) is 0 Å². The van der Waals surface area contributed by atoms with Crippen LogP contribution in [0.1, 0.15) is 20.8 Å². The van der Waals surface area contributed by atoms with Gasteiger partial charge in [-0.1, -0.05) is 92.6 Å². The van der Waals surface area contributed by atoms with Crippen LogP contribution in [0.5, 0.6) is 0 Å².